The Kier molecular flexibility index (Phi) is 4.33. The number of aliphatic imine (C=N–C) groups is 1. The maximum absolute atomic E-state index is 12.7. The minimum Gasteiger partial charge on any atom is -0.495 e. The van der Waals surface area contributed by atoms with Gasteiger partial charge >= 0.3 is 0 Å². The molecule has 1 aliphatic rings. The molecule has 4 rings (SSSR count). The molecule has 0 unspecified atom stereocenters. The molecule has 8 heteroatoms. The van der Waals surface area contributed by atoms with Gasteiger partial charge in [-0.1, -0.05) is 6.07 Å². The second-order valence-electron chi connectivity index (χ2n) is 6.14. The molecule has 1 aromatic carbocycles. The molecule has 138 valence electrons. The molecule has 1 N–H and O–H groups in total. The number of fused-ring (bicyclic) bond motifs is 1. The summed E-state index contributed by atoms with van der Waals surface area (Å²) in [5.41, 5.74) is 4.14. The van der Waals surface area contributed by atoms with Crippen molar-refractivity contribution < 1.29 is 13.9 Å². The number of anilines is 1. The lowest BCUT2D eigenvalue weighted by Crippen LogP contribution is -2.15. The van der Waals surface area contributed by atoms with Crippen LogP contribution >= 0.6 is 0 Å². The van der Waals surface area contributed by atoms with Gasteiger partial charge in [-0.25, -0.2) is 9.97 Å². The van der Waals surface area contributed by atoms with Crippen LogP contribution in [0.25, 0.3) is 0 Å². The highest BCUT2D eigenvalue weighted by Gasteiger charge is 2.21. The van der Waals surface area contributed by atoms with E-state index in [1.54, 1.807) is 13.1 Å². The number of aryl methyl sites for hydroxylation is 1. The smallest absolute Gasteiger partial charge is 0.274 e. The van der Waals surface area contributed by atoms with Crippen LogP contribution in [-0.4, -0.2) is 28.7 Å². The van der Waals surface area contributed by atoms with E-state index in [4.69, 9.17) is 9.15 Å². The highest BCUT2D eigenvalue weighted by atomic mass is 16.5. The fourth-order valence-corrected chi connectivity index (χ4v) is 3.06. The van der Waals surface area contributed by atoms with Crippen LogP contribution in [0.15, 0.2) is 46.3 Å². The van der Waals surface area contributed by atoms with Crippen molar-refractivity contribution >= 4 is 17.3 Å². The zero-order chi connectivity index (χ0) is 19.7. The van der Waals surface area contributed by atoms with E-state index in [0.29, 0.717) is 40.7 Å². The molecule has 2 aromatic heterocycles. The monoisotopic (exact) mass is 373 g/mol. The minimum atomic E-state index is -0.401. The van der Waals surface area contributed by atoms with Crippen LogP contribution in [0, 0.1) is 18.3 Å². The summed E-state index contributed by atoms with van der Waals surface area (Å²) >= 11 is 0. The number of ether oxygens (including phenoxy) is 1. The maximum atomic E-state index is 12.7. The van der Waals surface area contributed by atoms with Gasteiger partial charge in [-0.05, 0) is 24.6 Å². The third-order valence-electron chi connectivity index (χ3n) is 4.42. The number of hydrogen-bond donors (Lipinski definition) is 1. The number of carbonyl (C=O) groups excluding carboxylic acids is 1. The number of nitrogens with zero attached hydrogens (tertiary/aromatic N) is 4. The average molecular weight is 373 g/mol. The lowest BCUT2D eigenvalue weighted by atomic mass is 10.0. The van der Waals surface area contributed by atoms with Gasteiger partial charge in [0, 0.05) is 17.3 Å². The standard InChI is InChI=1S/C20H15N5O3/c1-11-15(7-21)17(27-2)6-16(24-11)20(26)25-13-4-3-12-8-23-19(14(12)5-13)18-9-22-10-28-18/h3-6,9-10H,8H2,1-2H3,(H,25,26). The van der Waals surface area contributed by atoms with Crippen LogP contribution in [0.2, 0.25) is 0 Å². The summed E-state index contributed by atoms with van der Waals surface area (Å²) in [5, 5.41) is 12.0. The topological polar surface area (TPSA) is 113 Å². The van der Waals surface area contributed by atoms with Crippen molar-refractivity contribution in [2.24, 2.45) is 4.99 Å². The summed E-state index contributed by atoms with van der Waals surface area (Å²) < 4.78 is 10.5. The van der Waals surface area contributed by atoms with Crippen LogP contribution in [-0.2, 0) is 6.54 Å². The van der Waals surface area contributed by atoms with E-state index >= 15 is 0 Å². The van der Waals surface area contributed by atoms with Gasteiger partial charge in [0.05, 0.1) is 25.5 Å². The fourth-order valence-electron chi connectivity index (χ4n) is 3.06. The van der Waals surface area contributed by atoms with Crippen LogP contribution in [0.3, 0.4) is 0 Å². The Balaban J connectivity index is 1.62. The Labute approximate surface area is 160 Å². The molecule has 3 heterocycles. The molecule has 8 nitrogen and oxygen atoms in total. The van der Waals surface area contributed by atoms with Gasteiger partial charge in [0.1, 0.15) is 28.8 Å². The van der Waals surface area contributed by atoms with Gasteiger partial charge in [0.2, 0.25) is 0 Å². The number of hydrogen-bond acceptors (Lipinski definition) is 7. The summed E-state index contributed by atoms with van der Waals surface area (Å²) in [6.07, 6.45) is 2.96. The van der Waals surface area contributed by atoms with E-state index in [9.17, 15) is 10.1 Å². The van der Waals surface area contributed by atoms with Gasteiger partial charge in [-0.15, -0.1) is 0 Å². The lowest BCUT2D eigenvalue weighted by molar-refractivity contribution is 0.102. The molecule has 28 heavy (non-hydrogen) atoms. The SMILES string of the molecule is COc1cc(C(=O)Nc2ccc3c(c2)C(c2cnco2)=NC3)nc(C)c1C#N. The highest BCUT2D eigenvalue weighted by molar-refractivity contribution is 6.14. The number of amides is 1. The molecule has 0 saturated carbocycles. The minimum absolute atomic E-state index is 0.165. The van der Waals surface area contributed by atoms with Gasteiger partial charge in [-0.3, -0.25) is 9.79 Å². The average Bonchev–Trinajstić information content (AvgIpc) is 3.36. The molecule has 3 aromatic rings. The predicted molar refractivity (Wildman–Crippen MR) is 100 cm³/mol. The number of aromatic nitrogens is 2. The Morgan fingerprint density at radius 3 is 2.93 bits per heavy atom. The Hall–Kier alpha value is -3.99. The van der Waals surface area contributed by atoms with Crippen LogP contribution in [0.4, 0.5) is 5.69 Å². The summed E-state index contributed by atoms with van der Waals surface area (Å²) in [6.45, 7) is 2.21. The van der Waals surface area contributed by atoms with E-state index < -0.39 is 5.91 Å². The normalized spacial score (nSPS) is 12.1. The van der Waals surface area contributed by atoms with E-state index in [-0.39, 0.29) is 5.69 Å². The van der Waals surface area contributed by atoms with Crippen molar-refractivity contribution in [3.05, 3.63) is 70.7 Å². The van der Waals surface area contributed by atoms with Crippen LogP contribution in [0.1, 0.15) is 38.6 Å². The summed E-state index contributed by atoms with van der Waals surface area (Å²) in [4.78, 5) is 25.3. The van der Waals surface area contributed by atoms with Crippen molar-refractivity contribution in [3.8, 4) is 11.8 Å². The first-order valence-electron chi connectivity index (χ1n) is 8.44. The number of rotatable bonds is 4. The molecule has 0 fully saturated rings. The van der Waals surface area contributed by atoms with Gasteiger partial charge in [0.25, 0.3) is 5.91 Å². The number of carbonyl (C=O) groups is 1. The van der Waals surface area contributed by atoms with Gasteiger partial charge < -0.3 is 14.5 Å². The van der Waals surface area contributed by atoms with E-state index in [0.717, 1.165) is 11.1 Å². The number of nitriles is 1. The molecule has 0 bridgehead atoms. The molecule has 1 aliphatic heterocycles. The van der Waals surface area contributed by atoms with Gasteiger partial charge in [-0.2, -0.15) is 5.26 Å². The fraction of sp³-hybridized carbons (Fsp3) is 0.150. The Morgan fingerprint density at radius 2 is 2.21 bits per heavy atom. The van der Waals surface area contributed by atoms with Crippen molar-refractivity contribution in [3.63, 3.8) is 0 Å². The first-order chi connectivity index (χ1) is 13.6. The van der Waals surface area contributed by atoms with Crippen molar-refractivity contribution in [2.45, 2.75) is 13.5 Å². The number of nitrogens with one attached hydrogen (secondary N) is 1. The molecule has 0 atom stereocenters. The van der Waals surface area contributed by atoms with E-state index in [2.05, 4.69) is 20.3 Å². The van der Waals surface area contributed by atoms with Crippen LogP contribution in [0.5, 0.6) is 5.75 Å². The number of pyridine rings is 1. The third kappa shape index (κ3) is 2.99. The van der Waals surface area contributed by atoms with Crippen molar-refractivity contribution in [2.75, 3.05) is 12.4 Å². The number of oxazole rings is 1. The predicted octanol–water partition coefficient (Wildman–Crippen LogP) is 2.86. The van der Waals surface area contributed by atoms with Crippen LogP contribution < -0.4 is 10.1 Å². The molecule has 1 amide bonds. The Bertz CT molecular complexity index is 1140. The molecule has 0 radical (unpaired) electrons. The van der Waals surface area contributed by atoms with Crippen molar-refractivity contribution in [1.82, 2.24) is 9.97 Å². The highest BCUT2D eigenvalue weighted by Crippen LogP contribution is 2.27. The third-order valence-corrected chi connectivity index (χ3v) is 4.42. The van der Waals surface area contributed by atoms with E-state index in [1.807, 2.05) is 24.3 Å². The second-order valence-corrected chi connectivity index (χ2v) is 6.14. The first kappa shape index (κ1) is 17.4. The quantitative estimate of drug-likeness (QED) is 0.752. The first-order valence-corrected chi connectivity index (χ1v) is 8.44. The van der Waals surface area contributed by atoms with E-state index in [1.165, 1.54) is 19.6 Å². The van der Waals surface area contributed by atoms with Crippen molar-refractivity contribution in [1.29, 1.82) is 5.26 Å². The molecular weight excluding hydrogens is 358 g/mol. The summed E-state index contributed by atoms with van der Waals surface area (Å²) in [7, 11) is 1.45. The molecule has 0 aliphatic carbocycles. The molecule has 0 saturated heterocycles. The largest absolute Gasteiger partial charge is 0.495 e. The molecular formula is C20H15N5O3. The summed E-state index contributed by atoms with van der Waals surface area (Å²) in [5.74, 6) is 0.493. The number of methoxy groups -OCH3 is 1. The Morgan fingerprint density at radius 1 is 1.36 bits per heavy atom. The molecule has 0 spiro atoms. The zero-order valence-electron chi connectivity index (χ0n) is 15.2. The maximum Gasteiger partial charge on any atom is 0.274 e. The lowest BCUT2D eigenvalue weighted by Gasteiger charge is -2.10. The second kappa shape index (κ2) is 6.96. The van der Waals surface area contributed by atoms with Gasteiger partial charge in [0.15, 0.2) is 12.2 Å². The summed E-state index contributed by atoms with van der Waals surface area (Å²) in [6, 6.07) is 9.05. The zero-order valence-corrected chi connectivity index (χ0v) is 15.2. The number of benzene rings is 1.